The number of nitrogens with one attached hydrogen (secondary N) is 1. The second kappa shape index (κ2) is 9.66. The summed E-state index contributed by atoms with van der Waals surface area (Å²) < 4.78 is 7.31. The van der Waals surface area contributed by atoms with Crippen LogP contribution in [-0.2, 0) is 25.9 Å². The minimum absolute atomic E-state index is 0.0700. The molecule has 1 fully saturated rings. The van der Waals surface area contributed by atoms with Gasteiger partial charge in [0.05, 0.1) is 13.7 Å². The van der Waals surface area contributed by atoms with Gasteiger partial charge in [0.15, 0.2) is 5.69 Å². The van der Waals surface area contributed by atoms with Crippen molar-refractivity contribution in [2.24, 2.45) is 0 Å². The highest BCUT2D eigenvalue weighted by Crippen LogP contribution is 2.27. The number of carbonyl (C=O) groups is 1. The first-order valence-corrected chi connectivity index (χ1v) is 11.1. The van der Waals surface area contributed by atoms with E-state index in [0.29, 0.717) is 18.3 Å². The lowest BCUT2D eigenvalue weighted by molar-refractivity contribution is 0.0656. The smallest absolute Gasteiger partial charge is 0.274 e. The van der Waals surface area contributed by atoms with E-state index in [1.54, 1.807) is 7.11 Å². The molecular formula is C24H33N5O2. The van der Waals surface area contributed by atoms with E-state index >= 15 is 0 Å². The summed E-state index contributed by atoms with van der Waals surface area (Å²) in [7, 11) is 3.79. The molecule has 0 spiro atoms. The third-order valence-corrected chi connectivity index (χ3v) is 6.37. The number of amides is 1. The number of rotatable bonds is 7. The van der Waals surface area contributed by atoms with Crippen LogP contribution in [0.4, 0.5) is 0 Å². The molecule has 2 aliphatic rings. The second-order valence-corrected chi connectivity index (χ2v) is 8.51. The van der Waals surface area contributed by atoms with Crippen molar-refractivity contribution < 1.29 is 9.53 Å². The molecule has 0 saturated carbocycles. The van der Waals surface area contributed by atoms with E-state index in [0.717, 1.165) is 63.3 Å². The Labute approximate surface area is 184 Å². The zero-order chi connectivity index (χ0) is 21.8. The molecule has 1 atom stereocenters. The van der Waals surface area contributed by atoms with Gasteiger partial charge in [-0.3, -0.25) is 9.48 Å². The van der Waals surface area contributed by atoms with Crippen molar-refractivity contribution >= 4 is 5.91 Å². The van der Waals surface area contributed by atoms with Gasteiger partial charge in [-0.25, -0.2) is 0 Å². The molecule has 1 aromatic heterocycles. The van der Waals surface area contributed by atoms with Crippen LogP contribution in [0.1, 0.15) is 33.7 Å². The van der Waals surface area contributed by atoms with Gasteiger partial charge >= 0.3 is 0 Å². The van der Waals surface area contributed by atoms with E-state index < -0.39 is 0 Å². The molecule has 7 heteroatoms. The Bertz CT molecular complexity index is 930. The topological polar surface area (TPSA) is 62.6 Å². The lowest BCUT2D eigenvalue weighted by Crippen LogP contribution is -2.47. The van der Waals surface area contributed by atoms with E-state index in [9.17, 15) is 4.79 Å². The number of hydrogen-bond acceptors (Lipinski definition) is 5. The monoisotopic (exact) mass is 423 g/mol. The molecule has 1 saturated heterocycles. The Morgan fingerprint density at radius 3 is 2.87 bits per heavy atom. The molecule has 1 aromatic carbocycles. The maximum absolute atomic E-state index is 13.3. The van der Waals surface area contributed by atoms with Gasteiger partial charge in [-0.1, -0.05) is 18.2 Å². The van der Waals surface area contributed by atoms with Crippen LogP contribution < -0.4 is 10.1 Å². The molecule has 1 unspecified atom stereocenters. The molecule has 2 heterocycles. The summed E-state index contributed by atoms with van der Waals surface area (Å²) in [6, 6.07) is 8.46. The summed E-state index contributed by atoms with van der Waals surface area (Å²) in [5.41, 5.74) is 4.13. The van der Waals surface area contributed by atoms with Crippen LogP contribution >= 0.6 is 0 Å². The van der Waals surface area contributed by atoms with E-state index in [-0.39, 0.29) is 5.91 Å². The van der Waals surface area contributed by atoms with Crippen molar-refractivity contribution in [2.75, 3.05) is 40.3 Å². The molecule has 31 heavy (non-hydrogen) atoms. The molecule has 0 bridgehead atoms. The number of allylic oxidation sites excluding steroid dienone is 1. The molecule has 166 valence electrons. The molecule has 4 rings (SSSR count). The van der Waals surface area contributed by atoms with Gasteiger partial charge in [0.1, 0.15) is 5.75 Å². The van der Waals surface area contributed by atoms with E-state index in [4.69, 9.17) is 9.84 Å². The number of fused-ring (bicyclic) bond motifs is 1. The van der Waals surface area contributed by atoms with Gasteiger partial charge in [-0.2, -0.15) is 5.10 Å². The first-order chi connectivity index (χ1) is 15.1. The fraction of sp³-hybridized carbons (Fsp3) is 0.500. The Hall–Kier alpha value is -2.64. The van der Waals surface area contributed by atoms with Crippen LogP contribution in [0, 0.1) is 0 Å². The molecule has 1 aliphatic heterocycles. The van der Waals surface area contributed by atoms with Crippen molar-refractivity contribution in [3.05, 3.63) is 59.4 Å². The predicted molar refractivity (Wildman–Crippen MR) is 121 cm³/mol. The van der Waals surface area contributed by atoms with E-state index in [1.165, 1.54) is 11.3 Å². The summed E-state index contributed by atoms with van der Waals surface area (Å²) in [5.74, 6) is 0.941. The number of benzene rings is 1. The number of piperazine rings is 1. The third-order valence-electron chi connectivity index (χ3n) is 6.37. The zero-order valence-electron chi connectivity index (χ0n) is 18.6. The normalized spacial score (nSPS) is 19.2. The van der Waals surface area contributed by atoms with Gasteiger partial charge in [-0.15, -0.1) is 6.58 Å². The number of ether oxygens (including phenoxy) is 1. The summed E-state index contributed by atoms with van der Waals surface area (Å²) in [6.45, 7) is 8.62. The highest BCUT2D eigenvalue weighted by atomic mass is 16.5. The molecular weight excluding hydrogens is 390 g/mol. The summed E-state index contributed by atoms with van der Waals surface area (Å²) in [5, 5.41) is 8.43. The number of aromatic nitrogens is 2. The fourth-order valence-electron chi connectivity index (χ4n) is 4.51. The quantitative estimate of drug-likeness (QED) is 0.691. The number of likely N-dealkylation sites (N-methyl/N-ethyl adjacent to an activating group) is 1. The maximum atomic E-state index is 13.3. The Kier molecular flexibility index (Phi) is 6.73. The minimum Gasteiger partial charge on any atom is -0.497 e. The number of hydrogen-bond donors (Lipinski definition) is 1. The summed E-state index contributed by atoms with van der Waals surface area (Å²) in [4.78, 5) is 17.5. The van der Waals surface area contributed by atoms with E-state index in [2.05, 4.69) is 36.0 Å². The molecule has 7 nitrogen and oxygen atoms in total. The number of carbonyl (C=O) groups excluding carboxylic acids is 1. The zero-order valence-corrected chi connectivity index (χ0v) is 18.6. The first-order valence-electron chi connectivity index (χ1n) is 11.1. The lowest BCUT2D eigenvalue weighted by atomic mass is 9.90. The SMILES string of the molecule is C=CCn1nc(C(=O)N2CCN(C)CC2)c2c1CCC(NCc1cccc(OC)c1)C2. The Morgan fingerprint density at radius 2 is 2.13 bits per heavy atom. The number of methoxy groups -OCH3 is 1. The van der Waals surface area contributed by atoms with Crippen molar-refractivity contribution in [3.8, 4) is 5.75 Å². The lowest BCUT2D eigenvalue weighted by Gasteiger charge is -2.32. The summed E-state index contributed by atoms with van der Waals surface area (Å²) in [6.07, 6.45) is 4.62. The van der Waals surface area contributed by atoms with Crippen LogP contribution in [0.25, 0.3) is 0 Å². The molecule has 1 N–H and O–H groups in total. The van der Waals surface area contributed by atoms with Crippen LogP contribution in [0.5, 0.6) is 5.75 Å². The van der Waals surface area contributed by atoms with Gasteiger partial charge in [0.25, 0.3) is 5.91 Å². The molecule has 2 aromatic rings. The average Bonchev–Trinajstić information content (AvgIpc) is 3.16. The van der Waals surface area contributed by atoms with Gasteiger partial charge < -0.3 is 19.9 Å². The molecule has 1 amide bonds. The predicted octanol–water partition coefficient (Wildman–Crippen LogP) is 2.11. The largest absolute Gasteiger partial charge is 0.497 e. The van der Waals surface area contributed by atoms with Crippen molar-refractivity contribution in [1.82, 2.24) is 24.9 Å². The standard InChI is InChI=1S/C24H33N5O2/c1-4-10-29-22-9-8-19(25-17-18-6-5-7-20(15-18)31-3)16-21(22)23(26-29)24(30)28-13-11-27(2)12-14-28/h4-7,15,19,25H,1,8-14,16-17H2,2-3H3. The molecule has 1 aliphatic carbocycles. The Balaban J connectivity index is 1.49. The summed E-state index contributed by atoms with van der Waals surface area (Å²) >= 11 is 0. The fourth-order valence-corrected chi connectivity index (χ4v) is 4.51. The van der Waals surface area contributed by atoms with E-state index in [1.807, 2.05) is 27.8 Å². The maximum Gasteiger partial charge on any atom is 0.274 e. The van der Waals surface area contributed by atoms with Crippen molar-refractivity contribution in [1.29, 1.82) is 0 Å². The highest BCUT2D eigenvalue weighted by molar-refractivity contribution is 5.94. The Morgan fingerprint density at radius 1 is 1.32 bits per heavy atom. The highest BCUT2D eigenvalue weighted by Gasteiger charge is 2.31. The van der Waals surface area contributed by atoms with Crippen molar-refractivity contribution in [3.63, 3.8) is 0 Å². The van der Waals surface area contributed by atoms with Crippen LogP contribution in [0.3, 0.4) is 0 Å². The van der Waals surface area contributed by atoms with Crippen LogP contribution in [0.15, 0.2) is 36.9 Å². The minimum atomic E-state index is 0.0700. The van der Waals surface area contributed by atoms with Gasteiger partial charge in [-0.05, 0) is 44.0 Å². The third kappa shape index (κ3) is 4.83. The van der Waals surface area contributed by atoms with Crippen LogP contribution in [-0.4, -0.2) is 71.9 Å². The second-order valence-electron chi connectivity index (χ2n) is 8.51. The number of nitrogens with zero attached hydrogens (tertiary/aromatic N) is 4. The van der Waals surface area contributed by atoms with Gasteiger partial charge in [0, 0.05) is 50.0 Å². The van der Waals surface area contributed by atoms with Crippen molar-refractivity contribution in [2.45, 2.75) is 38.4 Å². The first kappa shape index (κ1) is 21.6. The van der Waals surface area contributed by atoms with Crippen LogP contribution in [0.2, 0.25) is 0 Å². The van der Waals surface area contributed by atoms with Gasteiger partial charge in [0.2, 0.25) is 0 Å². The average molecular weight is 424 g/mol. The molecule has 0 radical (unpaired) electrons.